The second kappa shape index (κ2) is 5.55. The van der Waals surface area contributed by atoms with Crippen LogP contribution in [-0.4, -0.2) is 5.11 Å². The largest absolute Gasteiger partial charge is 0.388 e. The quantitative estimate of drug-likeness (QED) is 0.870. The van der Waals surface area contributed by atoms with Gasteiger partial charge in [0.25, 0.3) is 0 Å². The van der Waals surface area contributed by atoms with Crippen molar-refractivity contribution in [1.82, 2.24) is 0 Å². The first-order valence-corrected chi connectivity index (χ1v) is 7.23. The van der Waals surface area contributed by atoms with E-state index >= 15 is 0 Å². The molecule has 104 valence electrons. The summed E-state index contributed by atoms with van der Waals surface area (Å²) in [6, 6.07) is 12.5. The van der Waals surface area contributed by atoms with Gasteiger partial charge in [0.1, 0.15) is 5.82 Å². The maximum atomic E-state index is 13.7. The van der Waals surface area contributed by atoms with Crippen LogP contribution in [0.3, 0.4) is 0 Å². The van der Waals surface area contributed by atoms with Gasteiger partial charge in [0.05, 0.1) is 6.10 Å². The van der Waals surface area contributed by atoms with E-state index in [1.807, 2.05) is 18.2 Å². The lowest BCUT2D eigenvalue weighted by Crippen LogP contribution is -2.04. The van der Waals surface area contributed by atoms with Gasteiger partial charge < -0.3 is 5.11 Å². The van der Waals surface area contributed by atoms with Crippen LogP contribution in [0.4, 0.5) is 4.39 Å². The summed E-state index contributed by atoms with van der Waals surface area (Å²) in [5, 5.41) is 10.7. The standard InChI is InChI=1S/C17H16ClFO/c18-15-7-6-13(16(19)10-15)9-17(20)14-3-1-2-12(8-14)11-4-5-11/h1-3,6-8,10-11,17,20H,4-5,9H2. The van der Waals surface area contributed by atoms with E-state index in [0.717, 1.165) is 5.56 Å². The molecule has 2 aromatic carbocycles. The summed E-state index contributed by atoms with van der Waals surface area (Å²) in [7, 11) is 0. The predicted molar refractivity (Wildman–Crippen MR) is 78.5 cm³/mol. The highest BCUT2D eigenvalue weighted by molar-refractivity contribution is 6.30. The molecule has 1 aliphatic rings. The monoisotopic (exact) mass is 290 g/mol. The fourth-order valence-electron chi connectivity index (χ4n) is 2.45. The number of rotatable bonds is 4. The molecule has 1 unspecified atom stereocenters. The van der Waals surface area contributed by atoms with Crippen molar-refractivity contribution in [3.05, 3.63) is 70.0 Å². The maximum absolute atomic E-state index is 13.7. The van der Waals surface area contributed by atoms with Crippen LogP contribution < -0.4 is 0 Å². The van der Waals surface area contributed by atoms with Gasteiger partial charge in [-0.3, -0.25) is 0 Å². The molecule has 0 heterocycles. The zero-order valence-electron chi connectivity index (χ0n) is 11.0. The Balaban J connectivity index is 1.78. The number of hydrogen-bond acceptors (Lipinski definition) is 1. The van der Waals surface area contributed by atoms with Gasteiger partial charge in [-0.15, -0.1) is 0 Å². The molecule has 20 heavy (non-hydrogen) atoms. The fourth-order valence-corrected chi connectivity index (χ4v) is 2.61. The molecular weight excluding hydrogens is 275 g/mol. The molecule has 0 saturated heterocycles. The van der Waals surface area contributed by atoms with E-state index in [4.69, 9.17) is 11.6 Å². The molecule has 1 saturated carbocycles. The van der Waals surface area contributed by atoms with Crippen LogP contribution in [0.25, 0.3) is 0 Å². The number of hydrogen-bond donors (Lipinski definition) is 1. The zero-order valence-corrected chi connectivity index (χ0v) is 11.8. The zero-order chi connectivity index (χ0) is 14.1. The van der Waals surface area contributed by atoms with Gasteiger partial charge in [-0.25, -0.2) is 4.39 Å². The summed E-state index contributed by atoms with van der Waals surface area (Å²) < 4.78 is 13.7. The summed E-state index contributed by atoms with van der Waals surface area (Å²) in [4.78, 5) is 0. The highest BCUT2D eigenvalue weighted by atomic mass is 35.5. The van der Waals surface area contributed by atoms with Crippen LogP contribution in [0, 0.1) is 5.82 Å². The Bertz CT molecular complexity index is 622. The predicted octanol–water partition coefficient (Wildman–Crippen LogP) is 4.63. The average molecular weight is 291 g/mol. The summed E-state index contributed by atoms with van der Waals surface area (Å²) in [5.74, 6) is 0.282. The molecule has 3 heteroatoms. The Labute approximate surface area is 123 Å². The van der Waals surface area contributed by atoms with Crippen molar-refractivity contribution in [1.29, 1.82) is 0 Å². The lowest BCUT2D eigenvalue weighted by molar-refractivity contribution is 0.177. The Morgan fingerprint density at radius 1 is 1.20 bits per heavy atom. The third-order valence-electron chi connectivity index (χ3n) is 3.77. The van der Waals surface area contributed by atoms with E-state index < -0.39 is 6.10 Å². The Morgan fingerprint density at radius 3 is 2.70 bits per heavy atom. The third kappa shape index (κ3) is 3.02. The summed E-state index contributed by atoms with van der Waals surface area (Å²) in [6.45, 7) is 0. The van der Waals surface area contributed by atoms with Crippen molar-refractivity contribution in [2.75, 3.05) is 0 Å². The molecule has 0 spiro atoms. The van der Waals surface area contributed by atoms with Gasteiger partial charge in [0.2, 0.25) is 0 Å². The van der Waals surface area contributed by atoms with Crippen molar-refractivity contribution in [2.45, 2.75) is 31.3 Å². The van der Waals surface area contributed by atoms with Gasteiger partial charge >= 0.3 is 0 Å². The fraction of sp³-hybridized carbons (Fsp3) is 0.294. The lowest BCUT2D eigenvalue weighted by Gasteiger charge is -2.13. The maximum Gasteiger partial charge on any atom is 0.127 e. The summed E-state index contributed by atoms with van der Waals surface area (Å²) in [6.07, 6.45) is 2.03. The number of halogens is 2. The molecule has 0 amide bonds. The van der Waals surface area contributed by atoms with Gasteiger partial charge in [-0.1, -0.05) is 41.9 Å². The first kappa shape index (κ1) is 13.6. The molecule has 0 bridgehead atoms. The molecule has 1 nitrogen and oxygen atoms in total. The van der Waals surface area contributed by atoms with Gasteiger partial charge in [-0.2, -0.15) is 0 Å². The molecule has 0 aliphatic heterocycles. The topological polar surface area (TPSA) is 20.2 Å². The third-order valence-corrected chi connectivity index (χ3v) is 4.01. The van der Waals surface area contributed by atoms with Crippen molar-refractivity contribution in [3.8, 4) is 0 Å². The molecule has 0 aromatic heterocycles. The minimum Gasteiger partial charge on any atom is -0.388 e. The molecule has 0 radical (unpaired) electrons. The minimum atomic E-state index is -0.690. The van der Waals surface area contributed by atoms with Crippen LogP contribution in [0.5, 0.6) is 0 Å². The molecule has 1 N–H and O–H groups in total. The first-order chi connectivity index (χ1) is 9.63. The molecule has 1 aliphatic carbocycles. The number of aliphatic hydroxyl groups is 1. The van der Waals surface area contributed by atoms with E-state index in [9.17, 15) is 9.50 Å². The molecular formula is C17H16ClFO. The van der Waals surface area contributed by atoms with E-state index in [0.29, 0.717) is 16.5 Å². The van der Waals surface area contributed by atoms with Crippen LogP contribution >= 0.6 is 11.6 Å². The molecule has 2 aromatic rings. The number of aliphatic hydroxyl groups excluding tert-OH is 1. The number of benzene rings is 2. The second-order valence-corrected chi connectivity index (χ2v) is 5.84. The highest BCUT2D eigenvalue weighted by Crippen LogP contribution is 2.40. The van der Waals surface area contributed by atoms with E-state index in [-0.39, 0.29) is 12.2 Å². The Hall–Kier alpha value is -1.38. The second-order valence-electron chi connectivity index (χ2n) is 5.40. The molecule has 3 rings (SSSR count). The normalized spacial score (nSPS) is 16.1. The molecule has 1 atom stereocenters. The first-order valence-electron chi connectivity index (χ1n) is 6.85. The SMILES string of the molecule is OC(Cc1ccc(Cl)cc1F)c1cccc(C2CC2)c1. The van der Waals surface area contributed by atoms with Gasteiger partial charge in [0.15, 0.2) is 0 Å². The Kier molecular flexibility index (Phi) is 3.77. The average Bonchev–Trinajstić information content (AvgIpc) is 3.26. The minimum absolute atomic E-state index is 0.261. The Morgan fingerprint density at radius 2 is 2.00 bits per heavy atom. The van der Waals surface area contributed by atoms with Crippen molar-refractivity contribution >= 4 is 11.6 Å². The van der Waals surface area contributed by atoms with Crippen LogP contribution in [0.2, 0.25) is 5.02 Å². The lowest BCUT2D eigenvalue weighted by atomic mass is 9.98. The van der Waals surface area contributed by atoms with Crippen molar-refractivity contribution < 1.29 is 9.50 Å². The van der Waals surface area contributed by atoms with E-state index in [1.54, 1.807) is 12.1 Å². The van der Waals surface area contributed by atoms with Crippen LogP contribution in [0.1, 0.15) is 41.6 Å². The highest BCUT2D eigenvalue weighted by Gasteiger charge is 2.24. The van der Waals surface area contributed by atoms with Crippen LogP contribution in [0.15, 0.2) is 42.5 Å². The van der Waals surface area contributed by atoms with E-state index in [1.165, 1.54) is 24.5 Å². The summed E-state index contributed by atoms with van der Waals surface area (Å²) >= 11 is 5.73. The summed E-state index contributed by atoms with van der Waals surface area (Å²) in [5.41, 5.74) is 2.61. The molecule has 1 fully saturated rings. The van der Waals surface area contributed by atoms with Crippen molar-refractivity contribution in [3.63, 3.8) is 0 Å². The van der Waals surface area contributed by atoms with Gasteiger partial charge in [-0.05, 0) is 47.6 Å². The van der Waals surface area contributed by atoms with Crippen molar-refractivity contribution in [2.24, 2.45) is 0 Å². The van der Waals surface area contributed by atoms with Crippen LogP contribution in [-0.2, 0) is 6.42 Å². The smallest absolute Gasteiger partial charge is 0.127 e. The van der Waals surface area contributed by atoms with Gasteiger partial charge in [0, 0.05) is 11.4 Å². The van der Waals surface area contributed by atoms with E-state index in [2.05, 4.69) is 6.07 Å².